The van der Waals surface area contributed by atoms with E-state index in [4.69, 9.17) is 4.42 Å². The number of nitro benzene ring substituents is 1. The zero-order valence-corrected chi connectivity index (χ0v) is 12.7. The van der Waals surface area contributed by atoms with Gasteiger partial charge in [0.25, 0.3) is 5.69 Å². The van der Waals surface area contributed by atoms with Crippen LogP contribution in [0, 0.1) is 17.0 Å². The maximum Gasteiger partial charge on any atom is 0.307 e. The summed E-state index contributed by atoms with van der Waals surface area (Å²) in [6.45, 7) is 1.98. The summed E-state index contributed by atoms with van der Waals surface area (Å²) >= 11 is 0. The van der Waals surface area contributed by atoms with Crippen LogP contribution in [0.3, 0.4) is 0 Å². The third-order valence-corrected chi connectivity index (χ3v) is 3.39. The third kappa shape index (κ3) is 3.30. The molecule has 1 heterocycles. The number of fused-ring (bicyclic) bond motifs is 1. The first kappa shape index (κ1) is 15.4. The van der Waals surface area contributed by atoms with Crippen molar-refractivity contribution < 1.29 is 14.1 Å². The van der Waals surface area contributed by atoms with E-state index in [1.807, 2.05) is 31.2 Å². The number of aryl methyl sites for hydroxylation is 1. The van der Waals surface area contributed by atoms with Crippen LogP contribution in [-0.2, 0) is 0 Å². The van der Waals surface area contributed by atoms with Crippen LogP contribution in [0.4, 0.5) is 5.69 Å². The molecule has 0 spiro atoms. The summed E-state index contributed by atoms with van der Waals surface area (Å²) in [4.78, 5) is 22.3. The molecule has 0 saturated carbocycles. The van der Waals surface area contributed by atoms with Gasteiger partial charge >= 0.3 is 5.91 Å². The summed E-state index contributed by atoms with van der Waals surface area (Å²) in [5.74, 6) is -0.497. The normalized spacial score (nSPS) is 11.0. The van der Waals surface area contributed by atoms with Gasteiger partial charge in [-0.15, -0.1) is 0 Å². The van der Waals surface area contributed by atoms with Crippen LogP contribution in [0.15, 0.2) is 58.0 Å². The Bertz CT molecular complexity index is 942. The number of rotatable bonds is 4. The molecule has 7 heteroatoms. The summed E-state index contributed by atoms with van der Waals surface area (Å²) < 4.78 is 5.37. The second-order valence-electron chi connectivity index (χ2n) is 5.20. The van der Waals surface area contributed by atoms with Crippen molar-refractivity contribution in [1.29, 1.82) is 0 Å². The highest BCUT2D eigenvalue weighted by atomic mass is 16.6. The fourth-order valence-corrected chi connectivity index (χ4v) is 2.13. The lowest BCUT2D eigenvalue weighted by Crippen LogP contribution is -2.16. The highest BCUT2D eigenvalue weighted by Gasteiger charge is 2.14. The Morgan fingerprint density at radius 3 is 2.67 bits per heavy atom. The van der Waals surface area contributed by atoms with Gasteiger partial charge in [0, 0.05) is 17.5 Å². The molecule has 0 bridgehead atoms. The van der Waals surface area contributed by atoms with Gasteiger partial charge in [-0.3, -0.25) is 14.9 Å². The molecule has 0 aliphatic carbocycles. The summed E-state index contributed by atoms with van der Waals surface area (Å²) in [5, 5.41) is 15.1. The quantitative estimate of drug-likeness (QED) is 0.452. The highest BCUT2D eigenvalue weighted by Crippen LogP contribution is 2.24. The third-order valence-electron chi connectivity index (χ3n) is 3.39. The van der Waals surface area contributed by atoms with Gasteiger partial charge < -0.3 is 4.42 Å². The summed E-state index contributed by atoms with van der Waals surface area (Å²) in [7, 11) is 0. The molecule has 0 unspecified atom stereocenters. The predicted molar refractivity (Wildman–Crippen MR) is 89.1 cm³/mol. The van der Waals surface area contributed by atoms with Crippen LogP contribution in [-0.4, -0.2) is 17.0 Å². The minimum atomic E-state index is -0.530. The van der Waals surface area contributed by atoms with Crippen LogP contribution in [0.5, 0.6) is 0 Å². The number of hydrazone groups is 1. The van der Waals surface area contributed by atoms with Gasteiger partial charge in [0.2, 0.25) is 0 Å². The van der Waals surface area contributed by atoms with Crippen molar-refractivity contribution in [2.24, 2.45) is 5.10 Å². The van der Waals surface area contributed by atoms with E-state index in [2.05, 4.69) is 10.5 Å². The molecule has 0 aliphatic heterocycles. The molecule has 0 fully saturated rings. The fourth-order valence-electron chi connectivity index (χ4n) is 2.13. The van der Waals surface area contributed by atoms with Crippen LogP contribution in [0.2, 0.25) is 0 Å². The molecule has 1 N–H and O–H groups in total. The van der Waals surface area contributed by atoms with E-state index in [0.717, 1.165) is 11.1 Å². The van der Waals surface area contributed by atoms with E-state index in [9.17, 15) is 14.9 Å². The number of non-ortho nitro benzene ring substituents is 1. The van der Waals surface area contributed by atoms with Crippen molar-refractivity contribution in [2.45, 2.75) is 6.92 Å². The van der Waals surface area contributed by atoms with Gasteiger partial charge in [0.1, 0.15) is 5.58 Å². The average molecular weight is 323 g/mol. The number of hydrogen-bond acceptors (Lipinski definition) is 5. The zero-order valence-electron chi connectivity index (χ0n) is 12.7. The van der Waals surface area contributed by atoms with Crippen LogP contribution < -0.4 is 5.43 Å². The van der Waals surface area contributed by atoms with E-state index in [1.54, 1.807) is 0 Å². The van der Waals surface area contributed by atoms with E-state index >= 15 is 0 Å². The monoisotopic (exact) mass is 323 g/mol. The Morgan fingerprint density at radius 1 is 1.21 bits per heavy atom. The van der Waals surface area contributed by atoms with Crippen LogP contribution in [0.1, 0.15) is 21.7 Å². The topological polar surface area (TPSA) is 97.7 Å². The first-order valence-corrected chi connectivity index (χ1v) is 7.11. The lowest BCUT2D eigenvalue weighted by molar-refractivity contribution is -0.384. The standard InChI is InChI=1S/C17H13N3O4/c1-11-2-4-12(5-3-11)10-18-19-17(21)16-9-13-8-14(20(22)23)6-7-15(13)24-16/h2-10H,1H3,(H,19,21)/b18-10+. The molecule has 24 heavy (non-hydrogen) atoms. The van der Waals surface area contributed by atoms with Crippen molar-refractivity contribution in [3.8, 4) is 0 Å². The maximum atomic E-state index is 12.0. The van der Waals surface area contributed by atoms with Gasteiger partial charge in [-0.2, -0.15) is 5.10 Å². The van der Waals surface area contributed by atoms with Gasteiger partial charge in [0.05, 0.1) is 11.1 Å². The Morgan fingerprint density at radius 2 is 1.96 bits per heavy atom. The molecule has 7 nitrogen and oxygen atoms in total. The number of carbonyl (C=O) groups is 1. The highest BCUT2D eigenvalue weighted by molar-refractivity contribution is 5.96. The SMILES string of the molecule is Cc1ccc(/C=N/NC(=O)c2cc3cc([N+](=O)[O-])ccc3o2)cc1. The number of carbonyl (C=O) groups excluding carboxylic acids is 1. The average Bonchev–Trinajstić information content (AvgIpc) is 2.99. The molecule has 2 aromatic carbocycles. The Hall–Kier alpha value is -3.48. The fraction of sp³-hybridized carbons (Fsp3) is 0.0588. The molecule has 0 radical (unpaired) electrons. The molecule has 0 aliphatic rings. The predicted octanol–water partition coefficient (Wildman–Crippen LogP) is 3.41. The summed E-state index contributed by atoms with van der Waals surface area (Å²) in [6.07, 6.45) is 1.52. The van der Waals surface area contributed by atoms with Gasteiger partial charge in [-0.1, -0.05) is 29.8 Å². The minimum Gasteiger partial charge on any atom is -0.451 e. The van der Waals surface area contributed by atoms with Crippen molar-refractivity contribution in [1.82, 2.24) is 5.43 Å². The van der Waals surface area contributed by atoms with E-state index < -0.39 is 10.8 Å². The Labute approximate surface area is 136 Å². The largest absolute Gasteiger partial charge is 0.451 e. The molecule has 3 rings (SSSR count). The van der Waals surface area contributed by atoms with E-state index in [0.29, 0.717) is 11.0 Å². The Balaban J connectivity index is 1.73. The van der Waals surface area contributed by atoms with Gasteiger partial charge in [-0.25, -0.2) is 5.43 Å². The molecular formula is C17H13N3O4. The lowest BCUT2D eigenvalue weighted by atomic mass is 10.2. The molecule has 0 atom stereocenters. The number of amides is 1. The van der Waals surface area contributed by atoms with Crippen molar-refractivity contribution in [3.05, 3.63) is 75.5 Å². The second-order valence-corrected chi connectivity index (χ2v) is 5.20. The smallest absolute Gasteiger partial charge is 0.307 e. The maximum absolute atomic E-state index is 12.0. The Kier molecular flexibility index (Phi) is 4.07. The molecule has 1 amide bonds. The molecular weight excluding hydrogens is 310 g/mol. The van der Waals surface area contributed by atoms with Crippen molar-refractivity contribution in [2.75, 3.05) is 0 Å². The molecule has 0 saturated heterocycles. The first-order chi connectivity index (χ1) is 11.5. The number of nitrogens with zero attached hydrogens (tertiary/aromatic N) is 2. The molecule has 120 valence electrons. The van der Waals surface area contributed by atoms with Crippen LogP contribution >= 0.6 is 0 Å². The zero-order chi connectivity index (χ0) is 17.1. The van der Waals surface area contributed by atoms with E-state index in [-0.39, 0.29) is 11.4 Å². The van der Waals surface area contributed by atoms with Gasteiger partial charge in [0.15, 0.2) is 5.76 Å². The van der Waals surface area contributed by atoms with Crippen LogP contribution in [0.25, 0.3) is 11.0 Å². The number of furan rings is 1. The first-order valence-electron chi connectivity index (χ1n) is 7.11. The number of hydrogen-bond donors (Lipinski definition) is 1. The van der Waals surface area contributed by atoms with Crippen molar-refractivity contribution >= 4 is 28.8 Å². The molecule has 3 aromatic rings. The summed E-state index contributed by atoms with van der Waals surface area (Å²) in [5.41, 5.74) is 4.68. The minimum absolute atomic E-state index is 0.0338. The molecule has 1 aromatic heterocycles. The van der Waals surface area contributed by atoms with Crippen molar-refractivity contribution in [3.63, 3.8) is 0 Å². The van der Waals surface area contributed by atoms with E-state index in [1.165, 1.54) is 30.5 Å². The number of nitrogens with one attached hydrogen (secondary N) is 1. The second kappa shape index (κ2) is 6.33. The summed E-state index contributed by atoms with van der Waals surface area (Å²) in [6, 6.07) is 13.2. The lowest BCUT2D eigenvalue weighted by Gasteiger charge is -1.96. The number of benzene rings is 2. The number of nitro groups is 1. The van der Waals surface area contributed by atoms with Gasteiger partial charge in [-0.05, 0) is 24.6 Å².